The highest BCUT2D eigenvalue weighted by molar-refractivity contribution is 5.79. The van der Waals surface area contributed by atoms with E-state index in [2.05, 4.69) is 15.5 Å². The number of carbonyl (C=O) groups is 2. The summed E-state index contributed by atoms with van der Waals surface area (Å²) in [5, 5.41) is 15.0. The van der Waals surface area contributed by atoms with E-state index in [9.17, 15) is 9.59 Å². The molecule has 6 heteroatoms. The summed E-state index contributed by atoms with van der Waals surface area (Å²) >= 11 is 0. The van der Waals surface area contributed by atoms with Gasteiger partial charge in [-0.1, -0.05) is 13.8 Å². The molecule has 1 saturated heterocycles. The van der Waals surface area contributed by atoms with Gasteiger partial charge in [0.15, 0.2) is 0 Å². The van der Waals surface area contributed by atoms with Gasteiger partial charge in [-0.15, -0.1) is 0 Å². The van der Waals surface area contributed by atoms with E-state index in [4.69, 9.17) is 5.11 Å². The molecule has 0 aromatic rings. The standard InChI is InChI=1S/C13H25N3O3/c1-10(2)7-11(13(18)19)8-15-12(17)9-16-5-3-14-4-6-16/h10-11,14H,3-9H2,1-2H3,(H,15,17)(H,18,19). The topological polar surface area (TPSA) is 81.7 Å². The second-order valence-corrected chi connectivity index (χ2v) is 5.49. The lowest BCUT2D eigenvalue weighted by atomic mass is 9.97. The number of aliphatic carboxylic acids is 1. The predicted octanol–water partition coefficient (Wildman–Crippen LogP) is -0.245. The van der Waals surface area contributed by atoms with Crippen LogP contribution in [0.15, 0.2) is 0 Å². The Bertz CT molecular complexity index is 302. The highest BCUT2D eigenvalue weighted by Crippen LogP contribution is 2.11. The van der Waals surface area contributed by atoms with Gasteiger partial charge in [-0.05, 0) is 12.3 Å². The summed E-state index contributed by atoms with van der Waals surface area (Å²) in [5.74, 6) is -1.11. The van der Waals surface area contributed by atoms with Gasteiger partial charge in [0.2, 0.25) is 5.91 Å². The Balaban J connectivity index is 2.28. The molecule has 0 aromatic carbocycles. The van der Waals surface area contributed by atoms with Crippen LogP contribution in [0.3, 0.4) is 0 Å². The quantitative estimate of drug-likeness (QED) is 0.595. The van der Waals surface area contributed by atoms with Crippen molar-refractivity contribution in [3.8, 4) is 0 Å². The first kappa shape index (κ1) is 15.9. The summed E-state index contributed by atoms with van der Waals surface area (Å²) in [6, 6.07) is 0. The van der Waals surface area contributed by atoms with Crippen molar-refractivity contribution in [2.45, 2.75) is 20.3 Å². The van der Waals surface area contributed by atoms with Crippen LogP contribution in [0.1, 0.15) is 20.3 Å². The van der Waals surface area contributed by atoms with E-state index in [0.717, 1.165) is 26.2 Å². The number of amides is 1. The van der Waals surface area contributed by atoms with E-state index >= 15 is 0 Å². The second-order valence-electron chi connectivity index (χ2n) is 5.49. The minimum absolute atomic E-state index is 0.0862. The number of rotatable bonds is 7. The van der Waals surface area contributed by atoms with E-state index in [0.29, 0.717) is 18.9 Å². The third-order valence-corrected chi connectivity index (χ3v) is 3.23. The molecule has 6 nitrogen and oxygen atoms in total. The van der Waals surface area contributed by atoms with Crippen molar-refractivity contribution in [2.75, 3.05) is 39.3 Å². The van der Waals surface area contributed by atoms with Crippen molar-refractivity contribution >= 4 is 11.9 Å². The average Bonchev–Trinajstić information content (AvgIpc) is 2.35. The third kappa shape index (κ3) is 6.54. The van der Waals surface area contributed by atoms with Crippen LogP contribution in [0, 0.1) is 11.8 Å². The van der Waals surface area contributed by atoms with E-state index in [1.807, 2.05) is 13.8 Å². The molecule has 3 N–H and O–H groups in total. The summed E-state index contributed by atoms with van der Waals surface area (Å²) in [6.07, 6.45) is 0.587. The molecular formula is C13H25N3O3. The lowest BCUT2D eigenvalue weighted by Crippen LogP contribution is -2.48. The summed E-state index contributed by atoms with van der Waals surface area (Å²) in [5.41, 5.74) is 0. The zero-order valence-corrected chi connectivity index (χ0v) is 11.8. The largest absolute Gasteiger partial charge is 0.481 e. The molecule has 1 unspecified atom stereocenters. The van der Waals surface area contributed by atoms with Gasteiger partial charge in [0.25, 0.3) is 0 Å². The van der Waals surface area contributed by atoms with Gasteiger partial charge in [0.1, 0.15) is 0 Å². The first-order valence-corrected chi connectivity index (χ1v) is 6.91. The number of carboxylic acid groups (broad SMARTS) is 1. The molecule has 19 heavy (non-hydrogen) atoms. The molecule has 1 amide bonds. The van der Waals surface area contributed by atoms with Crippen LogP contribution in [-0.4, -0.2) is 61.2 Å². The highest BCUT2D eigenvalue weighted by Gasteiger charge is 2.20. The van der Waals surface area contributed by atoms with Crippen LogP contribution in [0.25, 0.3) is 0 Å². The molecule has 0 saturated carbocycles. The number of hydrogen-bond acceptors (Lipinski definition) is 4. The van der Waals surface area contributed by atoms with Crippen molar-refractivity contribution in [2.24, 2.45) is 11.8 Å². The highest BCUT2D eigenvalue weighted by atomic mass is 16.4. The van der Waals surface area contributed by atoms with Crippen molar-refractivity contribution in [1.29, 1.82) is 0 Å². The number of nitrogens with one attached hydrogen (secondary N) is 2. The van der Waals surface area contributed by atoms with Crippen molar-refractivity contribution in [1.82, 2.24) is 15.5 Å². The molecule has 1 aliphatic rings. The lowest BCUT2D eigenvalue weighted by molar-refractivity contribution is -0.142. The van der Waals surface area contributed by atoms with Crippen LogP contribution in [0.5, 0.6) is 0 Å². The van der Waals surface area contributed by atoms with Gasteiger partial charge in [0.05, 0.1) is 12.5 Å². The van der Waals surface area contributed by atoms with Gasteiger partial charge in [-0.3, -0.25) is 14.5 Å². The maximum absolute atomic E-state index is 11.8. The summed E-state index contributed by atoms with van der Waals surface area (Å²) in [6.45, 7) is 8.07. The Morgan fingerprint density at radius 2 is 1.95 bits per heavy atom. The van der Waals surface area contributed by atoms with Crippen molar-refractivity contribution in [3.05, 3.63) is 0 Å². The fraction of sp³-hybridized carbons (Fsp3) is 0.846. The predicted molar refractivity (Wildman–Crippen MR) is 72.9 cm³/mol. The number of carboxylic acids is 1. The van der Waals surface area contributed by atoms with Gasteiger partial charge in [0, 0.05) is 32.7 Å². The fourth-order valence-corrected chi connectivity index (χ4v) is 2.21. The van der Waals surface area contributed by atoms with E-state index in [1.54, 1.807) is 0 Å². The SMILES string of the molecule is CC(C)CC(CNC(=O)CN1CCNCC1)C(=O)O. The summed E-state index contributed by atoms with van der Waals surface area (Å²) in [4.78, 5) is 24.9. The van der Waals surface area contributed by atoms with Gasteiger partial charge < -0.3 is 15.7 Å². The molecule has 1 aliphatic heterocycles. The minimum atomic E-state index is -0.837. The Morgan fingerprint density at radius 1 is 1.32 bits per heavy atom. The maximum Gasteiger partial charge on any atom is 0.308 e. The molecule has 0 aliphatic carbocycles. The molecule has 0 aromatic heterocycles. The van der Waals surface area contributed by atoms with Crippen LogP contribution in [0.2, 0.25) is 0 Å². The second kappa shape index (κ2) is 8.12. The monoisotopic (exact) mass is 271 g/mol. The first-order valence-electron chi connectivity index (χ1n) is 6.91. The lowest BCUT2D eigenvalue weighted by Gasteiger charge is -2.26. The van der Waals surface area contributed by atoms with Crippen LogP contribution >= 0.6 is 0 Å². The minimum Gasteiger partial charge on any atom is -0.481 e. The van der Waals surface area contributed by atoms with Gasteiger partial charge in [-0.2, -0.15) is 0 Å². The Morgan fingerprint density at radius 3 is 2.47 bits per heavy atom. The number of carbonyl (C=O) groups excluding carboxylic acids is 1. The Labute approximate surface area is 114 Å². The van der Waals surface area contributed by atoms with Gasteiger partial charge in [-0.25, -0.2) is 0 Å². The molecule has 1 rings (SSSR count). The number of nitrogens with zero attached hydrogens (tertiary/aromatic N) is 1. The molecule has 110 valence electrons. The molecule has 0 radical (unpaired) electrons. The molecule has 1 atom stereocenters. The van der Waals surface area contributed by atoms with Gasteiger partial charge >= 0.3 is 5.97 Å². The summed E-state index contributed by atoms with van der Waals surface area (Å²) in [7, 11) is 0. The Hall–Kier alpha value is -1.14. The molecular weight excluding hydrogens is 246 g/mol. The van der Waals surface area contributed by atoms with Crippen molar-refractivity contribution in [3.63, 3.8) is 0 Å². The zero-order valence-electron chi connectivity index (χ0n) is 11.8. The van der Waals surface area contributed by atoms with E-state index in [-0.39, 0.29) is 12.5 Å². The Kier molecular flexibility index (Phi) is 6.80. The summed E-state index contributed by atoms with van der Waals surface area (Å²) < 4.78 is 0. The van der Waals surface area contributed by atoms with Crippen LogP contribution in [-0.2, 0) is 9.59 Å². The number of piperazine rings is 1. The van der Waals surface area contributed by atoms with E-state index in [1.165, 1.54) is 0 Å². The van der Waals surface area contributed by atoms with E-state index < -0.39 is 11.9 Å². The molecule has 1 fully saturated rings. The fourth-order valence-electron chi connectivity index (χ4n) is 2.21. The third-order valence-electron chi connectivity index (χ3n) is 3.23. The number of hydrogen-bond donors (Lipinski definition) is 3. The first-order chi connectivity index (χ1) is 8.99. The van der Waals surface area contributed by atoms with Crippen molar-refractivity contribution < 1.29 is 14.7 Å². The van der Waals surface area contributed by atoms with Crippen LogP contribution < -0.4 is 10.6 Å². The molecule has 0 spiro atoms. The van der Waals surface area contributed by atoms with Crippen LogP contribution in [0.4, 0.5) is 0 Å². The zero-order chi connectivity index (χ0) is 14.3. The molecule has 0 bridgehead atoms. The maximum atomic E-state index is 11.8. The average molecular weight is 271 g/mol. The normalized spacial score (nSPS) is 18.3. The smallest absolute Gasteiger partial charge is 0.308 e. The molecule has 1 heterocycles.